The van der Waals surface area contributed by atoms with Gasteiger partial charge in [0.05, 0.1) is 34.8 Å². The molecule has 3 aromatic rings. The summed E-state index contributed by atoms with van der Waals surface area (Å²) in [4.78, 5) is 28.7. The van der Waals surface area contributed by atoms with Gasteiger partial charge in [0.25, 0.3) is 10.0 Å². The molecule has 0 heterocycles. The third-order valence-corrected chi connectivity index (χ3v) is 9.07. The number of carbonyl (C=O) groups is 2. The van der Waals surface area contributed by atoms with Crippen LogP contribution >= 0.6 is 23.2 Å². The zero-order valence-electron chi connectivity index (χ0n) is 24.0. The summed E-state index contributed by atoms with van der Waals surface area (Å²) < 4.78 is 39.8. The molecule has 226 valence electrons. The average molecular weight is 637 g/mol. The van der Waals surface area contributed by atoms with Crippen LogP contribution in [-0.2, 0) is 26.2 Å². The molecular weight excluding hydrogens is 601 g/mol. The Bertz CT molecular complexity index is 1480. The van der Waals surface area contributed by atoms with Gasteiger partial charge in [-0.3, -0.25) is 13.9 Å². The van der Waals surface area contributed by atoms with E-state index < -0.39 is 28.5 Å². The normalized spacial score (nSPS) is 11.9. The Balaban J connectivity index is 2.10. The molecule has 0 aliphatic heterocycles. The average Bonchev–Trinajstić information content (AvgIpc) is 3.00. The lowest BCUT2D eigenvalue weighted by atomic mass is 10.1. The molecule has 0 fully saturated rings. The first kappa shape index (κ1) is 33.0. The van der Waals surface area contributed by atoms with Crippen LogP contribution in [0.4, 0.5) is 5.69 Å². The first-order valence-electron chi connectivity index (χ1n) is 13.4. The van der Waals surface area contributed by atoms with Crippen LogP contribution in [-0.4, -0.2) is 58.5 Å². The number of ether oxygens (including phenoxy) is 2. The SMILES string of the molecule is CCCNC(=O)C(CC)N(Cc1ccc(Cl)c(Cl)c1)C(=O)CN(c1ccccc1OC)S(=O)(=O)c1ccc(OC)cc1. The van der Waals surface area contributed by atoms with Gasteiger partial charge in [-0.1, -0.05) is 55.2 Å². The molecule has 1 atom stereocenters. The molecule has 1 unspecified atom stereocenters. The van der Waals surface area contributed by atoms with E-state index in [-0.39, 0.29) is 28.8 Å². The second kappa shape index (κ2) is 15.1. The number of anilines is 1. The van der Waals surface area contributed by atoms with Gasteiger partial charge in [0.1, 0.15) is 24.1 Å². The van der Waals surface area contributed by atoms with Crippen molar-refractivity contribution in [1.82, 2.24) is 10.2 Å². The zero-order chi connectivity index (χ0) is 30.9. The quantitative estimate of drug-likeness (QED) is 0.249. The van der Waals surface area contributed by atoms with Gasteiger partial charge in [-0.25, -0.2) is 8.42 Å². The van der Waals surface area contributed by atoms with E-state index in [0.717, 1.165) is 4.31 Å². The van der Waals surface area contributed by atoms with Crippen molar-refractivity contribution in [3.63, 3.8) is 0 Å². The predicted octanol–water partition coefficient (Wildman–Crippen LogP) is 5.54. The van der Waals surface area contributed by atoms with Gasteiger partial charge in [0, 0.05) is 13.1 Å². The van der Waals surface area contributed by atoms with Gasteiger partial charge in [-0.15, -0.1) is 0 Å². The number of para-hydroxylation sites is 2. The maximum atomic E-state index is 14.2. The number of rotatable bonds is 14. The first-order valence-corrected chi connectivity index (χ1v) is 15.6. The van der Waals surface area contributed by atoms with Crippen LogP contribution in [0.5, 0.6) is 11.5 Å². The van der Waals surface area contributed by atoms with Crippen molar-refractivity contribution in [3.05, 3.63) is 82.3 Å². The smallest absolute Gasteiger partial charge is 0.264 e. The summed E-state index contributed by atoms with van der Waals surface area (Å²) in [5.74, 6) is -0.200. The topological polar surface area (TPSA) is 105 Å². The summed E-state index contributed by atoms with van der Waals surface area (Å²) in [6, 6.07) is 16.4. The number of benzene rings is 3. The molecule has 2 amide bonds. The monoisotopic (exact) mass is 635 g/mol. The molecule has 0 saturated carbocycles. The van der Waals surface area contributed by atoms with E-state index in [9.17, 15) is 18.0 Å². The number of amides is 2. The lowest BCUT2D eigenvalue weighted by Crippen LogP contribution is -2.52. The highest BCUT2D eigenvalue weighted by Gasteiger charge is 2.34. The fraction of sp³-hybridized carbons (Fsp3) is 0.333. The van der Waals surface area contributed by atoms with Crippen LogP contribution in [0.25, 0.3) is 0 Å². The number of carbonyl (C=O) groups excluding carboxylic acids is 2. The van der Waals surface area contributed by atoms with Crippen molar-refractivity contribution in [3.8, 4) is 11.5 Å². The Labute approximate surface area is 257 Å². The minimum atomic E-state index is -4.28. The van der Waals surface area contributed by atoms with Gasteiger partial charge < -0.3 is 19.7 Å². The van der Waals surface area contributed by atoms with E-state index in [4.69, 9.17) is 32.7 Å². The fourth-order valence-electron chi connectivity index (χ4n) is 4.34. The van der Waals surface area contributed by atoms with Gasteiger partial charge >= 0.3 is 0 Å². The number of sulfonamides is 1. The standard InChI is InChI=1S/C30H35Cl2N3O6S/c1-5-17-33-30(37)26(6-2)34(19-21-11-16-24(31)25(32)18-21)29(36)20-35(27-9-7-8-10-28(27)41-4)42(38,39)23-14-12-22(40-3)13-15-23/h7-16,18,26H,5-6,17,19-20H2,1-4H3,(H,33,37). The highest BCUT2D eigenvalue weighted by Crippen LogP contribution is 2.33. The Hall–Kier alpha value is -3.47. The van der Waals surface area contributed by atoms with E-state index in [0.29, 0.717) is 40.7 Å². The Kier molecular flexibility index (Phi) is 11.9. The summed E-state index contributed by atoms with van der Waals surface area (Å²) in [5.41, 5.74) is 0.795. The minimum absolute atomic E-state index is 0.00385. The highest BCUT2D eigenvalue weighted by molar-refractivity contribution is 7.92. The van der Waals surface area contributed by atoms with Crippen molar-refractivity contribution in [1.29, 1.82) is 0 Å². The van der Waals surface area contributed by atoms with E-state index in [2.05, 4.69) is 5.32 Å². The zero-order valence-corrected chi connectivity index (χ0v) is 26.3. The summed E-state index contributed by atoms with van der Waals surface area (Å²) in [6.07, 6.45) is 1.01. The number of nitrogens with zero attached hydrogens (tertiary/aromatic N) is 2. The molecule has 0 bridgehead atoms. The molecule has 1 N–H and O–H groups in total. The van der Waals surface area contributed by atoms with Gasteiger partial charge in [-0.2, -0.15) is 0 Å². The summed E-state index contributed by atoms with van der Waals surface area (Å²) >= 11 is 12.3. The lowest BCUT2D eigenvalue weighted by Gasteiger charge is -2.33. The van der Waals surface area contributed by atoms with Gasteiger partial charge in [0.15, 0.2) is 0 Å². The Morgan fingerprint density at radius 1 is 0.929 bits per heavy atom. The van der Waals surface area contributed by atoms with Gasteiger partial charge in [0.2, 0.25) is 11.8 Å². The van der Waals surface area contributed by atoms with Crippen LogP contribution in [0.15, 0.2) is 71.6 Å². The molecule has 0 aromatic heterocycles. The number of halogens is 2. The Morgan fingerprint density at radius 2 is 1.62 bits per heavy atom. The Morgan fingerprint density at radius 3 is 2.21 bits per heavy atom. The molecule has 0 aliphatic rings. The predicted molar refractivity (Wildman–Crippen MR) is 165 cm³/mol. The second-order valence-corrected chi connectivity index (χ2v) is 12.0. The van der Waals surface area contributed by atoms with E-state index in [1.807, 2.05) is 6.92 Å². The van der Waals surface area contributed by atoms with E-state index in [1.165, 1.54) is 43.4 Å². The molecule has 0 spiro atoms. The van der Waals surface area contributed by atoms with E-state index >= 15 is 0 Å². The molecule has 0 saturated heterocycles. The molecule has 0 radical (unpaired) electrons. The first-order chi connectivity index (χ1) is 20.1. The molecular formula is C30H35Cl2N3O6S. The minimum Gasteiger partial charge on any atom is -0.497 e. The molecule has 3 aromatic carbocycles. The second-order valence-electron chi connectivity index (χ2n) is 9.34. The third kappa shape index (κ3) is 7.87. The van der Waals surface area contributed by atoms with Crippen molar-refractivity contribution in [2.24, 2.45) is 0 Å². The van der Waals surface area contributed by atoms with Crippen LogP contribution in [0.2, 0.25) is 10.0 Å². The number of methoxy groups -OCH3 is 2. The van der Waals surface area contributed by atoms with Crippen LogP contribution in [0.3, 0.4) is 0 Å². The third-order valence-electron chi connectivity index (χ3n) is 6.55. The summed E-state index contributed by atoms with van der Waals surface area (Å²) in [6.45, 7) is 3.54. The van der Waals surface area contributed by atoms with Crippen molar-refractivity contribution < 1.29 is 27.5 Å². The van der Waals surface area contributed by atoms with Gasteiger partial charge in [-0.05, 0) is 66.9 Å². The molecule has 0 aliphatic carbocycles. The number of hydrogen-bond donors (Lipinski definition) is 1. The van der Waals surface area contributed by atoms with E-state index in [1.54, 1.807) is 49.4 Å². The molecule has 12 heteroatoms. The lowest BCUT2D eigenvalue weighted by molar-refractivity contribution is -0.140. The summed E-state index contributed by atoms with van der Waals surface area (Å²) in [7, 11) is -1.39. The highest BCUT2D eigenvalue weighted by atomic mass is 35.5. The number of hydrogen-bond acceptors (Lipinski definition) is 6. The van der Waals surface area contributed by atoms with Crippen molar-refractivity contribution in [2.75, 3.05) is 31.6 Å². The largest absolute Gasteiger partial charge is 0.497 e. The molecule has 42 heavy (non-hydrogen) atoms. The van der Waals surface area contributed by atoms with Crippen molar-refractivity contribution in [2.45, 2.75) is 44.2 Å². The van der Waals surface area contributed by atoms with Crippen LogP contribution in [0, 0.1) is 0 Å². The maximum absolute atomic E-state index is 14.2. The van der Waals surface area contributed by atoms with Crippen LogP contribution in [0.1, 0.15) is 32.3 Å². The fourth-order valence-corrected chi connectivity index (χ4v) is 6.09. The van der Waals surface area contributed by atoms with Crippen molar-refractivity contribution >= 4 is 50.7 Å². The maximum Gasteiger partial charge on any atom is 0.264 e. The summed E-state index contributed by atoms with van der Waals surface area (Å²) in [5, 5.41) is 3.49. The molecule has 9 nitrogen and oxygen atoms in total. The molecule has 3 rings (SSSR count). The van der Waals surface area contributed by atoms with Crippen LogP contribution < -0.4 is 19.1 Å². The number of nitrogens with one attached hydrogen (secondary N) is 1.